The first kappa shape index (κ1) is 25.4. The zero-order valence-electron chi connectivity index (χ0n) is 20.9. The first-order valence-corrected chi connectivity index (χ1v) is 13.9. The van der Waals surface area contributed by atoms with Gasteiger partial charge in [0.15, 0.2) is 11.5 Å². The summed E-state index contributed by atoms with van der Waals surface area (Å²) < 4.78 is 14.5. The van der Waals surface area contributed by atoms with Gasteiger partial charge in [0.1, 0.15) is 12.4 Å². The molecule has 1 aliphatic rings. The predicted octanol–water partition coefficient (Wildman–Crippen LogP) is 6.91. The number of ether oxygens (including phenoxy) is 2. The SMILES string of the molecule is CCOc1cc(C=Nn2c(C3CCCCC3)nc3ccccc3c2=O)cc(I)c1OCc1ccccc1. The Kier molecular flexibility index (Phi) is 8.18. The van der Waals surface area contributed by atoms with Crippen LogP contribution < -0.4 is 15.0 Å². The quantitative estimate of drug-likeness (QED) is 0.161. The van der Waals surface area contributed by atoms with Crippen LogP contribution in [0.5, 0.6) is 11.5 Å². The molecule has 1 fully saturated rings. The van der Waals surface area contributed by atoms with Crippen LogP contribution in [0.4, 0.5) is 0 Å². The van der Waals surface area contributed by atoms with E-state index in [1.165, 1.54) is 11.1 Å². The molecule has 4 aromatic rings. The first-order valence-electron chi connectivity index (χ1n) is 12.8. The van der Waals surface area contributed by atoms with Gasteiger partial charge in [-0.3, -0.25) is 4.79 Å². The molecule has 3 aromatic carbocycles. The normalized spacial score (nSPS) is 14.3. The fourth-order valence-electron chi connectivity index (χ4n) is 4.80. The maximum Gasteiger partial charge on any atom is 0.282 e. The molecular weight excluding hydrogens is 577 g/mol. The van der Waals surface area contributed by atoms with Gasteiger partial charge in [0, 0.05) is 5.92 Å². The Labute approximate surface area is 230 Å². The van der Waals surface area contributed by atoms with Crippen LogP contribution in [0.1, 0.15) is 61.9 Å². The van der Waals surface area contributed by atoms with Crippen LogP contribution in [-0.4, -0.2) is 22.5 Å². The molecule has 0 amide bonds. The molecule has 1 saturated carbocycles. The van der Waals surface area contributed by atoms with Crippen molar-refractivity contribution in [2.45, 2.75) is 51.6 Å². The highest BCUT2D eigenvalue weighted by Gasteiger charge is 2.22. The Morgan fingerprint density at radius 1 is 1.03 bits per heavy atom. The Morgan fingerprint density at radius 2 is 1.78 bits per heavy atom. The Hall–Kier alpha value is -3.20. The highest BCUT2D eigenvalue weighted by Crippen LogP contribution is 2.35. The van der Waals surface area contributed by atoms with Gasteiger partial charge in [-0.25, -0.2) is 4.98 Å². The largest absolute Gasteiger partial charge is 0.490 e. The summed E-state index contributed by atoms with van der Waals surface area (Å²) >= 11 is 2.26. The van der Waals surface area contributed by atoms with Crippen molar-refractivity contribution in [1.29, 1.82) is 0 Å². The van der Waals surface area contributed by atoms with Crippen LogP contribution in [0, 0.1) is 3.57 Å². The molecule has 0 radical (unpaired) electrons. The van der Waals surface area contributed by atoms with Crippen molar-refractivity contribution < 1.29 is 9.47 Å². The third-order valence-corrected chi connectivity index (χ3v) is 7.43. The molecular formula is C30H30IN3O3. The molecule has 0 spiro atoms. The molecule has 0 atom stereocenters. The van der Waals surface area contributed by atoms with Crippen molar-refractivity contribution in [3.8, 4) is 11.5 Å². The molecule has 1 aromatic heterocycles. The molecule has 190 valence electrons. The molecule has 0 aliphatic heterocycles. The van der Waals surface area contributed by atoms with Crippen molar-refractivity contribution in [3.63, 3.8) is 0 Å². The van der Waals surface area contributed by atoms with Gasteiger partial charge >= 0.3 is 0 Å². The lowest BCUT2D eigenvalue weighted by Crippen LogP contribution is -2.25. The maximum absolute atomic E-state index is 13.5. The van der Waals surface area contributed by atoms with Crippen molar-refractivity contribution in [2.75, 3.05) is 6.61 Å². The van der Waals surface area contributed by atoms with Crippen molar-refractivity contribution >= 4 is 39.7 Å². The van der Waals surface area contributed by atoms with Crippen molar-refractivity contribution in [1.82, 2.24) is 9.66 Å². The molecule has 37 heavy (non-hydrogen) atoms. The fourth-order valence-corrected chi connectivity index (χ4v) is 5.58. The number of halogens is 1. The summed E-state index contributed by atoms with van der Waals surface area (Å²) in [6.07, 6.45) is 7.31. The Morgan fingerprint density at radius 3 is 2.57 bits per heavy atom. The van der Waals surface area contributed by atoms with Crippen LogP contribution in [0.25, 0.3) is 10.9 Å². The molecule has 0 saturated heterocycles. The van der Waals surface area contributed by atoms with Gasteiger partial charge in [-0.05, 0) is 77.7 Å². The van der Waals surface area contributed by atoms with E-state index >= 15 is 0 Å². The van der Waals surface area contributed by atoms with Gasteiger partial charge in [0.2, 0.25) is 0 Å². The minimum Gasteiger partial charge on any atom is -0.490 e. The van der Waals surface area contributed by atoms with E-state index in [0.717, 1.165) is 51.7 Å². The summed E-state index contributed by atoms with van der Waals surface area (Å²) in [5.74, 6) is 2.34. The maximum atomic E-state index is 13.5. The molecule has 7 heteroatoms. The molecule has 0 bridgehead atoms. The van der Waals surface area contributed by atoms with Gasteiger partial charge in [0.25, 0.3) is 5.56 Å². The highest BCUT2D eigenvalue weighted by atomic mass is 127. The van der Waals surface area contributed by atoms with E-state index in [4.69, 9.17) is 14.5 Å². The van der Waals surface area contributed by atoms with Crippen LogP contribution in [0.2, 0.25) is 0 Å². The number of benzene rings is 3. The second-order valence-electron chi connectivity index (χ2n) is 9.22. The second-order valence-corrected chi connectivity index (χ2v) is 10.4. The summed E-state index contributed by atoms with van der Waals surface area (Å²) in [6.45, 7) is 2.91. The van der Waals surface area contributed by atoms with Crippen LogP contribution >= 0.6 is 22.6 Å². The third-order valence-electron chi connectivity index (χ3n) is 6.63. The lowest BCUT2D eigenvalue weighted by molar-refractivity contribution is 0.267. The lowest BCUT2D eigenvalue weighted by atomic mass is 9.88. The smallest absolute Gasteiger partial charge is 0.282 e. The zero-order valence-corrected chi connectivity index (χ0v) is 23.1. The van der Waals surface area contributed by atoms with E-state index in [1.54, 1.807) is 6.21 Å². The summed E-state index contributed by atoms with van der Waals surface area (Å²) in [4.78, 5) is 18.4. The summed E-state index contributed by atoms with van der Waals surface area (Å²) in [7, 11) is 0. The van der Waals surface area contributed by atoms with E-state index < -0.39 is 0 Å². The van der Waals surface area contributed by atoms with E-state index in [2.05, 4.69) is 27.7 Å². The highest BCUT2D eigenvalue weighted by molar-refractivity contribution is 14.1. The average Bonchev–Trinajstić information content (AvgIpc) is 2.93. The number of rotatable bonds is 8. The van der Waals surface area contributed by atoms with Crippen LogP contribution in [0.15, 0.2) is 76.6 Å². The predicted molar refractivity (Wildman–Crippen MR) is 156 cm³/mol. The number of para-hydroxylation sites is 1. The van der Waals surface area contributed by atoms with Crippen LogP contribution in [0.3, 0.4) is 0 Å². The molecule has 0 N–H and O–H groups in total. The zero-order chi connectivity index (χ0) is 25.6. The van der Waals surface area contributed by atoms with Gasteiger partial charge in [-0.2, -0.15) is 9.78 Å². The van der Waals surface area contributed by atoms with Gasteiger partial charge < -0.3 is 9.47 Å². The molecule has 1 aliphatic carbocycles. The standard InChI is InChI=1S/C30H30IN3O3/c1-2-36-27-18-22(17-25(31)28(27)37-20-21-11-5-3-6-12-21)19-32-34-29(23-13-7-4-8-14-23)33-26-16-10-9-15-24(26)30(34)35/h3,5-6,9-12,15-19,23H,2,4,7-8,13-14,20H2,1H3. The number of aromatic nitrogens is 2. The summed E-state index contributed by atoms with van der Waals surface area (Å²) in [5, 5.41) is 5.26. The average molecular weight is 607 g/mol. The summed E-state index contributed by atoms with van der Waals surface area (Å²) in [6, 6.07) is 21.5. The first-order chi connectivity index (χ1) is 18.1. The monoisotopic (exact) mass is 607 g/mol. The van der Waals surface area contributed by atoms with Gasteiger partial charge in [-0.15, -0.1) is 0 Å². The molecule has 0 unspecified atom stereocenters. The molecule has 1 heterocycles. The molecule has 6 nitrogen and oxygen atoms in total. The lowest BCUT2D eigenvalue weighted by Gasteiger charge is -2.22. The number of hydrogen-bond donors (Lipinski definition) is 0. The second kappa shape index (κ2) is 11.9. The van der Waals surface area contributed by atoms with E-state index in [0.29, 0.717) is 30.1 Å². The van der Waals surface area contributed by atoms with E-state index in [-0.39, 0.29) is 11.5 Å². The minimum absolute atomic E-state index is 0.134. The van der Waals surface area contributed by atoms with E-state index in [9.17, 15) is 4.79 Å². The third kappa shape index (κ3) is 5.87. The van der Waals surface area contributed by atoms with Crippen LogP contribution in [-0.2, 0) is 6.61 Å². The van der Waals surface area contributed by atoms with Gasteiger partial charge in [0.05, 0.1) is 27.3 Å². The van der Waals surface area contributed by atoms with Gasteiger partial charge in [-0.1, -0.05) is 61.7 Å². The van der Waals surface area contributed by atoms with Crippen molar-refractivity contribution in [2.24, 2.45) is 5.10 Å². The minimum atomic E-state index is -0.134. The molecule has 5 rings (SSSR count). The fraction of sp³-hybridized carbons (Fsp3) is 0.300. The number of fused-ring (bicyclic) bond motifs is 1. The summed E-state index contributed by atoms with van der Waals surface area (Å²) in [5.41, 5.74) is 2.51. The number of hydrogen-bond acceptors (Lipinski definition) is 5. The Balaban J connectivity index is 1.50. The van der Waals surface area contributed by atoms with Crippen molar-refractivity contribution in [3.05, 3.63) is 97.6 Å². The topological polar surface area (TPSA) is 65.7 Å². The Bertz CT molecular complexity index is 1460. The van der Waals surface area contributed by atoms with E-state index in [1.807, 2.05) is 73.7 Å². The number of nitrogens with zero attached hydrogens (tertiary/aromatic N) is 3.